The third-order valence-corrected chi connectivity index (χ3v) is 3.78. The number of methoxy groups -OCH3 is 1. The Kier molecular flexibility index (Phi) is 6.17. The molecule has 8 heteroatoms. The number of hydrogen-bond donors (Lipinski definition) is 5. The Bertz CT molecular complexity index is 508. The second-order valence-electron chi connectivity index (χ2n) is 5.32. The molecule has 0 radical (unpaired) electrons. The standard InChI is InChI=1S/C15H22O8/c1-21-10-3-2-8(6-9(10)17)4-5-22-14-12(18)11(7-16)23-15(20)13(14)19/h2-3,6,11-20H,4-5,7H2,1H3. The lowest BCUT2D eigenvalue weighted by atomic mass is 9.99. The maximum absolute atomic E-state index is 9.99. The SMILES string of the molecule is COc1ccc(CCOC2C(O)C(O)OC(CO)C2O)cc1O. The summed E-state index contributed by atoms with van der Waals surface area (Å²) >= 11 is 0. The summed E-state index contributed by atoms with van der Waals surface area (Å²) in [5, 5.41) is 48.2. The van der Waals surface area contributed by atoms with E-state index in [1.165, 1.54) is 13.2 Å². The molecular weight excluding hydrogens is 308 g/mol. The first-order valence-electron chi connectivity index (χ1n) is 7.26. The summed E-state index contributed by atoms with van der Waals surface area (Å²) in [6, 6.07) is 4.91. The van der Waals surface area contributed by atoms with Crippen LogP contribution in [-0.2, 0) is 15.9 Å². The van der Waals surface area contributed by atoms with Gasteiger partial charge in [-0.15, -0.1) is 0 Å². The summed E-state index contributed by atoms with van der Waals surface area (Å²) in [5.74, 6) is 0.366. The van der Waals surface area contributed by atoms with E-state index in [1.807, 2.05) is 0 Å². The minimum Gasteiger partial charge on any atom is -0.504 e. The Balaban J connectivity index is 1.92. The smallest absolute Gasteiger partial charge is 0.184 e. The third kappa shape index (κ3) is 4.11. The van der Waals surface area contributed by atoms with Crippen LogP contribution in [-0.4, -0.2) is 76.6 Å². The lowest BCUT2D eigenvalue weighted by molar-refractivity contribution is -0.294. The molecule has 1 aromatic carbocycles. The van der Waals surface area contributed by atoms with Crippen molar-refractivity contribution < 1.29 is 39.7 Å². The van der Waals surface area contributed by atoms with Gasteiger partial charge in [-0.2, -0.15) is 0 Å². The van der Waals surface area contributed by atoms with Crippen LogP contribution < -0.4 is 4.74 Å². The van der Waals surface area contributed by atoms with Crippen LogP contribution in [0.5, 0.6) is 11.5 Å². The van der Waals surface area contributed by atoms with Crippen LogP contribution in [0.25, 0.3) is 0 Å². The van der Waals surface area contributed by atoms with E-state index in [4.69, 9.17) is 19.3 Å². The van der Waals surface area contributed by atoms with E-state index in [2.05, 4.69) is 0 Å². The molecule has 23 heavy (non-hydrogen) atoms. The number of hydrogen-bond acceptors (Lipinski definition) is 8. The quantitative estimate of drug-likeness (QED) is 0.438. The highest BCUT2D eigenvalue weighted by Gasteiger charge is 2.44. The molecule has 1 fully saturated rings. The van der Waals surface area contributed by atoms with Crippen molar-refractivity contribution in [1.29, 1.82) is 0 Å². The number of rotatable bonds is 6. The molecular formula is C15H22O8. The maximum Gasteiger partial charge on any atom is 0.184 e. The zero-order chi connectivity index (χ0) is 17.0. The van der Waals surface area contributed by atoms with Crippen LogP contribution in [0, 0.1) is 0 Å². The molecule has 130 valence electrons. The van der Waals surface area contributed by atoms with E-state index < -0.39 is 37.3 Å². The zero-order valence-corrected chi connectivity index (χ0v) is 12.7. The van der Waals surface area contributed by atoms with Gasteiger partial charge in [-0.1, -0.05) is 6.07 Å². The monoisotopic (exact) mass is 330 g/mol. The predicted molar refractivity (Wildman–Crippen MR) is 78.1 cm³/mol. The Labute approximate surface area is 133 Å². The average molecular weight is 330 g/mol. The van der Waals surface area contributed by atoms with E-state index in [0.29, 0.717) is 12.2 Å². The molecule has 0 aromatic heterocycles. The first-order chi connectivity index (χ1) is 11.0. The normalized spacial score (nSPS) is 31.1. The number of benzene rings is 1. The van der Waals surface area contributed by atoms with Crippen molar-refractivity contribution in [3.05, 3.63) is 23.8 Å². The van der Waals surface area contributed by atoms with Gasteiger partial charge in [0.2, 0.25) is 0 Å². The first-order valence-corrected chi connectivity index (χ1v) is 7.26. The molecule has 2 rings (SSSR count). The van der Waals surface area contributed by atoms with E-state index >= 15 is 0 Å². The Morgan fingerprint density at radius 1 is 1.17 bits per heavy atom. The van der Waals surface area contributed by atoms with E-state index in [0.717, 1.165) is 5.56 Å². The lowest BCUT2D eigenvalue weighted by Gasteiger charge is -2.39. The second-order valence-corrected chi connectivity index (χ2v) is 5.32. The molecule has 5 atom stereocenters. The third-order valence-electron chi connectivity index (χ3n) is 3.78. The van der Waals surface area contributed by atoms with E-state index in [9.17, 15) is 20.4 Å². The van der Waals surface area contributed by atoms with E-state index in [-0.39, 0.29) is 12.4 Å². The van der Waals surface area contributed by atoms with Gasteiger partial charge in [0.05, 0.1) is 20.3 Å². The summed E-state index contributed by atoms with van der Waals surface area (Å²) in [6.45, 7) is -0.368. The molecule has 8 nitrogen and oxygen atoms in total. The molecule has 0 aliphatic carbocycles. The van der Waals surface area contributed by atoms with Gasteiger partial charge < -0.3 is 39.7 Å². The molecule has 0 spiro atoms. The molecule has 5 unspecified atom stereocenters. The molecule has 1 heterocycles. The van der Waals surface area contributed by atoms with Crippen LogP contribution in [0.3, 0.4) is 0 Å². The van der Waals surface area contributed by atoms with Crippen LogP contribution in [0.2, 0.25) is 0 Å². The van der Waals surface area contributed by atoms with Gasteiger partial charge >= 0.3 is 0 Å². The lowest BCUT2D eigenvalue weighted by Crippen LogP contribution is -2.59. The Hall–Kier alpha value is -1.42. The number of aliphatic hydroxyl groups excluding tert-OH is 4. The highest BCUT2D eigenvalue weighted by atomic mass is 16.6. The van der Waals surface area contributed by atoms with Gasteiger partial charge in [0.15, 0.2) is 17.8 Å². The van der Waals surface area contributed by atoms with Crippen molar-refractivity contribution >= 4 is 0 Å². The van der Waals surface area contributed by atoms with Gasteiger partial charge in [-0.25, -0.2) is 0 Å². The van der Waals surface area contributed by atoms with Crippen molar-refractivity contribution in [2.75, 3.05) is 20.3 Å². The fraction of sp³-hybridized carbons (Fsp3) is 0.600. The Morgan fingerprint density at radius 3 is 2.52 bits per heavy atom. The molecule has 0 saturated carbocycles. The second kappa shape index (κ2) is 7.91. The number of aliphatic hydroxyl groups is 4. The van der Waals surface area contributed by atoms with Crippen molar-refractivity contribution in [1.82, 2.24) is 0 Å². The molecule has 1 aliphatic heterocycles. The van der Waals surface area contributed by atoms with Gasteiger partial charge in [-0.3, -0.25) is 0 Å². The minimum absolute atomic E-state index is 0.00639. The minimum atomic E-state index is -1.54. The summed E-state index contributed by atoms with van der Waals surface area (Å²) < 4.78 is 15.3. The van der Waals surface area contributed by atoms with Crippen LogP contribution >= 0.6 is 0 Å². The van der Waals surface area contributed by atoms with Crippen molar-refractivity contribution in [2.24, 2.45) is 0 Å². The molecule has 0 amide bonds. The van der Waals surface area contributed by atoms with E-state index in [1.54, 1.807) is 12.1 Å². The highest BCUT2D eigenvalue weighted by molar-refractivity contribution is 5.41. The van der Waals surface area contributed by atoms with Gasteiger partial charge in [-0.05, 0) is 24.1 Å². The summed E-state index contributed by atoms with van der Waals surface area (Å²) in [6.07, 6.45) is -5.91. The average Bonchev–Trinajstić information content (AvgIpc) is 2.54. The molecule has 1 saturated heterocycles. The molecule has 1 aromatic rings. The topological polar surface area (TPSA) is 129 Å². The zero-order valence-electron chi connectivity index (χ0n) is 12.7. The summed E-state index contributed by atoms with van der Waals surface area (Å²) in [4.78, 5) is 0. The van der Waals surface area contributed by atoms with Crippen molar-refractivity contribution in [3.8, 4) is 11.5 Å². The predicted octanol–water partition coefficient (Wildman–Crippen LogP) is -1.24. The van der Waals surface area contributed by atoms with Gasteiger partial charge in [0.25, 0.3) is 0 Å². The maximum atomic E-state index is 9.99. The van der Waals surface area contributed by atoms with Crippen LogP contribution in [0.1, 0.15) is 5.56 Å². The Morgan fingerprint density at radius 2 is 1.91 bits per heavy atom. The summed E-state index contributed by atoms with van der Waals surface area (Å²) in [7, 11) is 1.45. The largest absolute Gasteiger partial charge is 0.504 e. The number of aromatic hydroxyl groups is 1. The van der Waals surface area contributed by atoms with Gasteiger partial charge in [0.1, 0.15) is 24.4 Å². The van der Waals surface area contributed by atoms with Gasteiger partial charge in [0, 0.05) is 0 Å². The number of phenols is 1. The number of phenolic OH excluding ortho intramolecular Hbond substituents is 1. The van der Waals surface area contributed by atoms with Crippen LogP contribution in [0.4, 0.5) is 0 Å². The molecule has 1 aliphatic rings. The van der Waals surface area contributed by atoms with Crippen molar-refractivity contribution in [2.45, 2.75) is 37.1 Å². The van der Waals surface area contributed by atoms with Crippen LogP contribution in [0.15, 0.2) is 18.2 Å². The molecule has 5 N–H and O–H groups in total. The molecule has 0 bridgehead atoms. The highest BCUT2D eigenvalue weighted by Crippen LogP contribution is 2.27. The first kappa shape index (κ1) is 17.9. The van der Waals surface area contributed by atoms with Crippen molar-refractivity contribution in [3.63, 3.8) is 0 Å². The fourth-order valence-electron chi connectivity index (χ4n) is 2.47. The summed E-state index contributed by atoms with van der Waals surface area (Å²) in [5.41, 5.74) is 0.776. The number of ether oxygens (including phenoxy) is 3. The fourth-order valence-corrected chi connectivity index (χ4v) is 2.47.